The second-order valence-corrected chi connectivity index (χ2v) is 5.96. The van der Waals surface area contributed by atoms with E-state index < -0.39 is 0 Å². The molecule has 0 saturated carbocycles. The molecule has 0 heterocycles. The summed E-state index contributed by atoms with van der Waals surface area (Å²) in [5.41, 5.74) is 0.871. The number of benzene rings is 1. The molecule has 0 fully saturated rings. The molecule has 0 saturated heterocycles. The van der Waals surface area contributed by atoms with Crippen LogP contribution in [0.15, 0.2) is 42.5 Å². The van der Waals surface area contributed by atoms with Gasteiger partial charge < -0.3 is 5.11 Å². The number of phenols is 1. The van der Waals surface area contributed by atoms with Crippen molar-refractivity contribution in [2.24, 2.45) is 0 Å². The summed E-state index contributed by atoms with van der Waals surface area (Å²) >= 11 is 0. The first-order valence-corrected chi connectivity index (χ1v) is 8.95. The first kappa shape index (κ1) is 18.5. The normalized spacial score (nSPS) is 11.7. The highest BCUT2D eigenvalue weighted by Gasteiger charge is 1.92. The number of unbranched alkanes of at least 4 members (excludes halogenated alkanes) is 9. The van der Waals surface area contributed by atoms with Gasteiger partial charge in [0.1, 0.15) is 5.75 Å². The van der Waals surface area contributed by atoms with Crippen molar-refractivity contribution in [3.63, 3.8) is 0 Å². The van der Waals surface area contributed by atoms with Crippen LogP contribution in [0.25, 0.3) is 6.08 Å². The number of rotatable bonds is 12. The fourth-order valence-electron chi connectivity index (χ4n) is 2.54. The Kier molecular flexibility index (Phi) is 11.1. The number of hydrogen-bond acceptors (Lipinski definition) is 1. The van der Waals surface area contributed by atoms with Crippen molar-refractivity contribution >= 4 is 6.08 Å². The Morgan fingerprint density at radius 1 is 0.818 bits per heavy atom. The highest BCUT2D eigenvalue weighted by atomic mass is 16.3. The van der Waals surface area contributed by atoms with E-state index in [1.54, 1.807) is 6.07 Å². The molecular weight excluding hydrogens is 268 g/mol. The third-order valence-electron chi connectivity index (χ3n) is 3.93. The predicted molar refractivity (Wildman–Crippen MR) is 98.1 cm³/mol. The number of hydrogen-bond donors (Lipinski definition) is 1. The van der Waals surface area contributed by atoms with Crippen LogP contribution in [0.4, 0.5) is 0 Å². The van der Waals surface area contributed by atoms with Crippen LogP contribution in [0.1, 0.15) is 76.7 Å². The molecule has 0 amide bonds. The van der Waals surface area contributed by atoms with Gasteiger partial charge in [0.2, 0.25) is 0 Å². The van der Waals surface area contributed by atoms with Crippen molar-refractivity contribution in [1.82, 2.24) is 0 Å². The molecule has 0 aliphatic heterocycles. The molecule has 0 bridgehead atoms. The minimum atomic E-state index is 0.339. The summed E-state index contributed by atoms with van der Waals surface area (Å²) in [5.74, 6) is 0.339. The molecule has 0 radical (unpaired) electrons. The molecule has 0 spiro atoms. The topological polar surface area (TPSA) is 20.2 Å². The van der Waals surface area contributed by atoms with Crippen LogP contribution in [-0.2, 0) is 0 Å². The number of allylic oxidation sites excluding steroid dienone is 3. The van der Waals surface area contributed by atoms with Crippen molar-refractivity contribution in [2.45, 2.75) is 71.1 Å². The Hall–Kier alpha value is -1.50. The standard InChI is InChI=1S/C21H32O/c1-2-3-4-5-6-7-8-9-10-11-12-13-14-17-20-18-15-16-19-21(20)22/h12-19,22H,2-11H2,1H3/b13-12+,17-14+. The molecule has 0 atom stereocenters. The van der Waals surface area contributed by atoms with Crippen LogP contribution < -0.4 is 0 Å². The second kappa shape index (κ2) is 13.2. The van der Waals surface area contributed by atoms with E-state index in [0.29, 0.717) is 5.75 Å². The quantitative estimate of drug-likeness (QED) is 0.329. The molecule has 22 heavy (non-hydrogen) atoms. The summed E-state index contributed by atoms with van der Waals surface area (Å²) in [7, 11) is 0. The van der Waals surface area contributed by atoms with Gasteiger partial charge in [-0.15, -0.1) is 0 Å². The fourth-order valence-corrected chi connectivity index (χ4v) is 2.54. The third kappa shape index (κ3) is 9.44. The van der Waals surface area contributed by atoms with Crippen molar-refractivity contribution in [3.05, 3.63) is 48.1 Å². The number of para-hydroxylation sites is 1. The Balaban J connectivity index is 1.97. The lowest BCUT2D eigenvalue weighted by molar-refractivity contribution is 0.474. The molecule has 1 aromatic rings. The summed E-state index contributed by atoms with van der Waals surface area (Å²) in [6, 6.07) is 7.41. The summed E-state index contributed by atoms with van der Waals surface area (Å²) in [6.45, 7) is 2.27. The molecule has 1 rings (SSSR count). The van der Waals surface area contributed by atoms with Crippen LogP contribution in [0.3, 0.4) is 0 Å². The second-order valence-electron chi connectivity index (χ2n) is 5.96. The van der Waals surface area contributed by atoms with Gasteiger partial charge in [-0.1, -0.05) is 101 Å². The van der Waals surface area contributed by atoms with Gasteiger partial charge in [-0.2, -0.15) is 0 Å². The van der Waals surface area contributed by atoms with E-state index in [-0.39, 0.29) is 0 Å². The van der Waals surface area contributed by atoms with Crippen molar-refractivity contribution in [2.75, 3.05) is 0 Å². The molecule has 122 valence electrons. The maximum absolute atomic E-state index is 9.63. The predicted octanol–water partition coefficient (Wildman–Crippen LogP) is 6.88. The Bertz CT molecular complexity index is 431. The Morgan fingerprint density at radius 3 is 2.14 bits per heavy atom. The molecule has 1 N–H and O–H groups in total. The third-order valence-corrected chi connectivity index (χ3v) is 3.93. The zero-order chi connectivity index (χ0) is 15.9. The van der Waals surface area contributed by atoms with Gasteiger partial charge in [-0.25, -0.2) is 0 Å². The van der Waals surface area contributed by atoms with Crippen LogP contribution in [0.2, 0.25) is 0 Å². The van der Waals surface area contributed by atoms with Crippen LogP contribution >= 0.6 is 0 Å². The minimum absolute atomic E-state index is 0.339. The SMILES string of the molecule is CCCCCCCCCCC/C=C/C=C/c1ccccc1O. The van der Waals surface area contributed by atoms with E-state index in [9.17, 15) is 5.11 Å². The van der Waals surface area contributed by atoms with Crippen molar-refractivity contribution in [1.29, 1.82) is 0 Å². The van der Waals surface area contributed by atoms with E-state index in [4.69, 9.17) is 0 Å². The highest BCUT2D eigenvalue weighted by Crippen LogP contribution is 2.17. The zero-order valence-corrected chi connectivity index (χ0v) is 14.1. The Morgan fingerprint density at radius 2 is 1.45 bits per heavy atom. The maximum atomic E-state index is 9.63. The van der Waals surface area contributed by atoms with Gasteiger partial charge in [-0.3, -0.25) is 0 Å². The summed E-state index contributed by atoms with van der Waals surface area (Å²) in [6.07, 6.45) is 21.8. The molecule has 0 aliphatic carbocycles. The summed E-state index contributed by atoms with van der Waals surface area (Å²) in [4.78, 5) is 0. The average molecular weight is 300 g/mol. The van der Waals surface area contributed by atoms with E-state index in [2.05, 4.69) is 19.1 Å². The van der Waals surface area contributed by atoms with Gasteiger partial charge >= 0.3 is 0 Å². The molecule has 0 aliphatic rings. The first-order chi connectivity index (χ1) is 10.8. The number of aromatic hydroxyl groups is 1. The van der Waals surface area contributed by atoms with Crippen LogP contribution in [0.5, 0.6) is 5.75 Å². The summed E-state index contributed by atoms with van der Waals surface area (Å²) in [5, 5.41) is 9.63. The zero-order valence-electron chi connectivity index (χ0n) is 14.1. The lowest BCUT2D eigenvalue weighted by Gasteiger charge is -2.00. The number of phenolic OH excluding ortho intramolecular Hbond substituents is 1. The van der Waals surface area contributed by atoms with Crippen molar-refractivity contribution in [3.8, 4) is 5.75 Å². The molecular formula is C21H32O. The fraction of sp³-hybridized carbons (Fsp3) is 0.524. The van der Waals surface area contributed by atoms with Crippen LogP contribution in [0, 0.1) is 0 Å². The van der Waals surface area contributed by atoms with Gasteiger partial charge in [0.05, 0.1) is 0 Å². The van der Waals surface area contributed by atoms with E-state index in [1.807, 2.05) is 30.4 Å². The smallest absolute Gasteiger partial charge is 0.122 e. The average Bonchev–Trinajstić information content (AvgIpc) is 2.53. The highest BCUT2D eigenvalue weighted by molar-refractivity contribution is 5.57. The van der Waals surface area contributed by atoms with E-state index in [0.717, 1.165) is 12.0 Å². The molecule has 1 aromatic carbocycles. The largest absolute Gasteiger partial charge is 0.507 e. The van der Waals surface area contributed by atoms with Gasteiger partial charge in [0.15, 0.2) is 0 Å². The van der Waals surface area contributed by atoms with E-state index >= 15 is 0 Å². The first-order valence-electron chi connectivity index (χ1n) is 8.95. The minimum Gasteiger partial charge on any atom is -0.507 e. The van der Waals surface area contributed by atoms with E-state index in [1.165, 1.54) is 57.8 Å². The lowest BCUT2D eigenvalue weighted by atomic mass is 10.1. The molecule has 0 unspecified atom stereocenters. The van der Waals surface area contributed by atoms with Crippen molar-refractivity contribution < 1.29 is 5.11 Å². The lowest BCUT2D eigenvalue weighted by Crippen LogP contribution is -1.80. The van der Waals surface area contributed by atoms with Gasteiger partial charge in [-0.05, 0) is 18.9 Å². The van der Waals surface area contributed by atoms with Crippen LogP contribution in [-0.4, -0.2) is 5.11 Å². The maximum Gasteiger partial charge on any atom is 0.122 e. The monoisotopic (exact) mass is 300 g/mol. The molecule has 1 heteroatoms. The Labute approximate surface area is 136 Å². The van der Waals surface area contributed by atoms with Gasteiger partial charge in [0, 0.05) is 5.56 Å². The molecule has 0 aromatic heterocycles. The molecule has 1 nitrogen and oxygen atoms in total. The summed E-state index contributed by atoms with van der Waals surface area (Å²) < 4.78 is 0. The van der Waals surface area contributed by atoms with Gasteiger partial charge in [0.25, 0.3) is 0 Å².